The predicted octanol–water partition coefficient (Wildman–Crippen LogP) is 6.17. The van der Waals surface area contributed by atoms with Crippen LogP contribution >= 0.6 is 27.5 Å². The number of aryl methyl sites for hydroxylation is 1. The van der Waals surface area contributed by atoms with Crippen molar-refractivity contribution in [1.82, 2.24) is 4.90 Å². The van der Waals surface area contributed by atoms with E-state index in [0.29, 0.717) is 13.2 Å². The summed E-state index contributed by atoms with van der Waals surface area (Å²) in [4.78, 5) is 17.6. The van der Waals surface area contributed by atoms with Gasteiger partial charge in [-0.2, -0.15) is 0 Å². The first kappa shape index (κ1) is 25.1. The Morgan fingerprint density at radius 2 is 2.09 bits per heavy atom. The lowest BCUT2D eigenvalue weighted by molar-refractivity contribution is -0.177. The Morgan fingerprint density at radius 3 is 2.79 bits per heavy atom. The van der Waals surface area contributed by atoms with Crippen LogP contribution in [0, 0.1) is 0 Å². The van der Waals surface area contributed by atoms with Gasteiger partial charge >= 0.3 is 6.09 Å². The number of rotatable bonds is 4. The van der Waals surface area contributed by atoms with Crippen LogP contribution in [0.15, 0.2) is 16.6 Å². The second-order valence-corrected chi connectivity index (χ2v) is 12.0. The van der Waals surface area contributed by atoms with E-state index in [4.69, 9.17) is 25.8 Å². The SMILES string of the molecule is CC(C)(C)OC(=O)N1C[C@@H](N2CCCc3cc(Cl)cc(Br)c32)C[C@]1(C)COC1CCCCO1. The molecular weight excluding hydrogens is 508 g/mol. The van der Waals surface area contributed by atoms with Crippen LogP contribution in [0.5, 0.6) is 0 Å². The minimum atomic E-state index is -0.555. The molecule has 0 N–H and O–H groups in total. The van der Waals surface area contributed by atoms with Crippen LogP contribution in [0.3, 0.4) is 0 Å². The molecule has 1 aromatic rings. The van der Waals surface area contributed by atoms with Gasteiger partial charge in [-0.1, -0.05) is 11.6 Å². The fourth-order valence-electron chi connectivity index (χ4n) is 5.23. The Morgan fingerprint density at radius 1 is 1.30 bits per heavy atom. The number of anilines is 1. The summed E-state index contributed by atoms with van der Waals surface area (Å²) in [5, 5.41) is 0.745. The lowest BCUT2D eigenvalue weighted by Gasteiger charge is -2.37. The highest BCUT2D eigenvalue weighted by Gasteiger charge is 2.49. The number of halogens is 2. The van der Waals surface area contributed by atoms with E-state index in [-0.39, 0.29) is 18.4 Å². The highest BCUT2D eigenvalue weighted by Crippen LogP contribution is 2.42. The third kappa shape index (κ3) is 5.80. The number of hydrogen-bond donors (Lipinski definition) is 0. The van der Waals surface area contributed by atoms with Crippen molar-refractivity contribution in [2.45, 2.75) is 89.7 Å². The van der Waals surface area contributed by atoms with Crippen LogP contribution in [0.1, 0.15) is 65.4 Å². The Labute approximate surface area is 211 Å². The molecule has 3 heterocycles. The normalized spacial score (nSPS) is 28.1. The van der Waals surface area contributed by atoms with Gasteiger partial charge < -0.3 is 19.1 Å². The Balaban J connectivity index is 1.58. The van der Waals surface area contributed by atoms with Crippen LogP contribution in [-0.2, 0) is 20.6 Å². The minimum Gasteiger partial charge on any atom is -0.444 e. The molecule has 184 valence electrons. The summed E-state index contributed by atoms with van der Waals surface area (Å²) in [7, 11) is 0. The van der Waals surface area contributed by atoms with Crippen molar-refractivity contribution >= 4 is 39.3 Å². The molecule has 33 heavy (non-hydrogen) atoms. The van der Waals surface area contributed by atoms with Crippen molar-refractivity contribution in [3.8, 4) is 0 Å². The number of carbonyl (C=O) groups is 1. The molecule has 1 aromatic carbocycles. The van der Waals surface area contributed by atoms with E-state index in [1.165, 1.54) is 11.3 Å². The molecule has 0 bridgehead atoms. The molecular formula is C25H36BrClN2O4. The highest BCUT2D eigenvalue weighted by molar-refractivity contribution is 9.10. The van der Waals surface area contributed by atoms with Crippen LogP contribution in [0.25, 0.3) is 0 Å². The summed E-state index contributed by atoms with van der Waals surface area (Å²) in [5.41, 5.74) is 1.41. The van der Waals surface area contributed by atoms with E-state index in [2.05, 4.69) is 33.8 Å². The zero-order chi connectivity index (χ0) is 23.8. The van der Waals surface area contributed by atoms with Gasteiger partial charge in [0.1, 0.15) is 5.60 Å². The van der Waals surface area contributed by atoms with Crippen LogP contribution in [0.4, 0.5) is 10.5 Å². The maximum absolute atomic E-state index is 13.3. The Kier molecular flexibility index (Phi) is 7.54. The monoisotopic (exact) mass is 542 g/mol. The second kappa shape index (κ2) is 9.92. The van der Waals surface area contributed by atoms with E-state index in [0.717, 1.165) is 61.2 Å². The maximum atomic E-state index is 13.3. The number of carbonyl (C=O) groups excluding carboxylic acids is 1. The second-order valence-electron chi connectivity index (χ2n) is 10.7. The average Bonchev–Trinajstić information content (AvgIpc) is 3.09. The van der Waals surface area contributed by atoms with Gasteiger partial charge in [0, 0.05) is 35.2 Å². The first-order chi connectivity index (χ1) is 15.6. The summed E-state index contributed by atoms with van der Waals surface area (Å²) in [6.45, 7) is 10.5. The molecule has 2 saturated heterocycles. The third-order valence-electron chi connectivity index (χ3n) is 6.73. The zero-order valence-corrected chi connectivity index (χ0v) is 22.5. The van der Waals surface area contributed by atoms with Gasteiger partial charge in [0.25, 0.3) is 0 Å². The van der Waals surface area contributed by atoms with Crippen molar-refractivity contribution < 1.29 is 19.0 Å². The van der Waals surface area contributed by atoms with Crippen molar-refractivity contribution in [1.29, 1.82) is 0 Å². The number of fused-ring (bicyclic) bond motifs is 1. The molecule has 3 aliphatic heterocycles. The summed E-state index contributed by atoms with van der Waals surface area (Å²) in [6, 6.07) is 4.19. The minimum absolute atomic E-state index is 0.162. The van der Waals surface area contributed by atoms with Crippen molar-refractivity contribution in [2.24, 2.45) is 0 Å². The summed E-state index contributed by atoms with van der Waals surface area (Å²) < 4.78 is 18.8. The molecule has 0 saturated carbocycles. The fourth-order valence-corrected chi connectivity index (χ4v) is 6.34. The molecule has 3 aliphatic rings. The van der Waals surface area contributed by atoms with E-state index in [1.807, 2.05) is 31.7 Å². The van der Waals surface area contributed by atoms with Gasteiger partial charge in [-0.15, -0.1) is 0 Å². The summed E-state index contributed by atoms with van der Waals surface area (Å²) in [5.74, 6) is 0. The fraction of sp³-hybridized carbons (Fsp3) is 0.720. The van der Waals surface area contributed by atoms with Crippen LogP contribution in [0.2, 0.25) is 5.02 Å². The Hall–Kier alpha value is -1.02. The number of amides is 1. The summed E-state index contributed by atoms with van der Waals surface area (Å²) in [6.07, 6.45) is 5.48. The topological polar surface area (TPSA) is 51.2 Å². The predicted molar refractivity (Wildman–Crippen MR) is 134 cm³/mol. The lowest BCUT2D eigenvalue weighted by atomic mass is 9.95. The zero-order valence-electron chi connectivity index (χ0n) is 20.2. The first-order valence-electron chi connectivity index (χ1n) is 12.0. The molecule has 0 aliphatic carbocycles. The average molecular weight is 544 g/mol. The van der Waals surface area contributed by atoms with Crippen molar-refractivity contribution in [3.05, 3.63) is 27.2 Å². The van der Waals surface area contributed by atoms with Crippen LogP contribution in [-0.4, -0.2) is 60.8 Å². The molecule has 4 rings (SSSR count). The third-order valence-corrected chi connectivity index (χ3v) is 7.56. The number of benzene rings is 1. The molecule has 6 nitrogen and oxygen atoms in total. The van der Waals surface area contributed by atoms with E-state index < -0.39 is 11.1 Å². The molecule has 2 fully saturated rings. The number of nitrogens with zero attached hydrogens (tertiary/aromatic N) is 2. The number of likely N-dealkylation sites (tertiary alicyclic amines) is 1. The number of ether oxygens (including phenoxy) is 3. The van der Waals surface area contributed by atoms with Gasteiger partial charge in [0.2, 0.25) is 0 Å². The first-order valence-corrected chi connectivity index (χ1v) is 13.2. The molecule has 1 amide bonds. The molecule has 0 radical (unpaired) electrons. The van der Waals surface area contributed by atoms with Gasteiger partial charge in [0.15, 0.2) is 6.29 Å². The van der Waals surface area contributed by atoms with Gasteiger partial charge in [0.05, 0.1) is 17.8 Å². The molecule has 0 aromatic heterocycles. The van der Waals surface area contributed by atoms with Gasteiger partial charge in [-0.25, -0.2) is 4.79 Å². The smallest absolute Gasteiger partial charge is 0.410 e. The van der Waals surface area contributed by atoms with Gasteiger partial charge in [-0.05, 0) is 99.8 Å². The maximum Gasteiger partial charge on any atom is 0.410 e. The standard InChI is InChI=1S/C25H36BrClN2O4/c1-24(2,3)33-23(30)29-15-19(14-25(29,4)16-32-21-9-5-6-11-31-21)28-10-7-8-17-12-18(27)13-20(26)22(17)28/h12-13,19,21H,5-11,14-16H2,1-4H3/t19-,21?,25+/m0/s1. The van der Waals surface area contributed by atoms with E-state index in [9.17, 15) is 4.79 Å². The lowest BCUT2D eigenvalue weighted by Crippen LogP contribution is -2.50. The quantitative estimate of drug-likeness (QED) is 0.455. The molecule has 1 unspecified atom stereocenters. The van der Waals surface area contributed by atoms with E-state index >= 15 is 0 Å². The molecule has 3 atom stereocenters. The summed E-state index contributed by atoms with van der Waals surface area (Å²) >= 11 is 10.1. The van der Waals surface area contributed by atoms with Crippen LogP contribution < -0.4 is 4.90 Å². The van der Waals surface area contributed by atoms with E-state index in [1.54, 1.807) is 0 Å². The number of hydrogen-bond acceptors (Lipinski definition) is 5. The van der Waals surface area contributed by atoms with Crippen molar-refractivity contribution in [3.63, 3.8) is 0 Å². The van der Waals surface area contributed by atoms with Crippen molar-refractivity contribution in [2.75, 3.05) is 31.2 Å². The Bertz CT molecular complexity index is 871. The highest BCUT2D eigenvalue weighted by atomic mass is 79.9. The molecule has 0 spiro atoms. The molecule has 8 heteroatoms. The van der Waals surface area contributed by atoms with Gasteiger partial charge in [-0.3, -0.25) is 4.90 Å². The largest absolute Gasteiger partial charge is 0.444 e.